The lowest BCUT2D eigenvalue weighted by molar-refractivity contribution is 0.394. The van der Waals surface area contributed by atoms with E-state index in [-0.39, 0.29) is 10.8 Å². The summed E-state index contributed by atoms with van der Waals surface area (Å²) in [5.74, 6) is 0.249. The van der Waals surface area contributed by atoms with Crippen LogP contribution in [-0.4, -0.2) is 24.8 Å². The maximum absolute atomic E-state index is 12.1. The largest absolute Gasteiger partial charge is 0.263 e. The van der Waals surface area contributed by atoms with Crippen molar-refractivity contribution < 1.29 is 8.42 Å². The molecular weight excluding hydrogens is 260 g/mol. The Morgan fingerprint density at radius 3 is 2.47 bits per heavy atom. The average Bonchev–Trinajstić information content (AvgIpc) is 2.37. The number of hydrogen-bond donors (Lipinski definition) is 1. The molecule has 6 heteroatoms. The van der Waals surface area contributed by atoms with Gasteiger partial charge in [-0.2, -0.15) is 0 Å². The van der Waals surface area contributed by atoms with Gasteiger partial charge in [-0.15, -0.1) is 11.6 Å². The van der Waals surface area contributed by atoms with Crippen LogP contribution in [0.4, 0.5) is 0 Å². The molecule has 96 valence electrons. The summed E-state index contributed by atoms with van der Waals surface area (Å²) in [4.78, 5) is 3.97. The molecule has 0 spiro atoms. The molecule has 0 saturated heterocycles. The van der Waals surface area contributed by atoms with Crippen molar-refractivity contribution in [3.05, 3.63) is 24.5 Å². The fourth-order valence-corrected chi connectivity index (χ4v) is 3.49. The van der Waals surface area contributed by atoms with Crippen LogP contribution >= 0.6 is 11.6 Å². The van der Waals surface area contributed by atoms with Gasteiger partial charge in [0, 0.05) is 23.8 Å². The Hall–Kier alpha value is -0.650. The number of aromatic nitrogens is 1. The smallest absolute Gasteiger partial charge is 0.242 e. The van der Waals surface area contributed by atoms with Crippen LogP contribution in [0.5, 0.6) is 0 Å². The molecule has 1 rings (SSSR count). The number of halogens is 1. The molecular formula is C11H17ClN2O2S. The Morgan fingerprint density at radius 2 is 2.06 bits per heavy atom. The Balaban J connectivity index is 3.01. The minimum Gasteiger partial charge on any atom is -0.263 e. The summed E-state index contributed by atoms with van der Waals surface area (Å²) in [5.41, 5.74) is -0.587. The van der Waals surface area contributed by atoms with Crippen LogP contribution in [0.1, 0.15) is 26.7 Å². The Bertz CT molecular complexity index is 436. The van der Waals surface area contributed by atoms with E-state index >= 15 is 0 Å². The van der Waals surface area contributed by atoms with Crippen molar-refractivity contribution in [3.63, 3.8) is 0 Å². The average molecular weight is 277 g/mol. The van der Waals surface area contributed by atoms with E-state index in [0.717, 1.165) is 0 Å². The highest BCUT2D eigenvalue weighted by molar-refractivity contribution is 7.89. The van der Waals surface area contributed by atoms with Crippen molar-refractivity contribution in [2.45, 2.75) is 37.1 Å². The first kappa shape index (κ1) is 14.4. The molecule has 0 bridgehead atoms. The summed E-state index contributed by atoms with van der Waals surface area (Å²) in [6.45, 7) is 3.83. The van der Waals surface area contributed by atoms with Crippen LogP contribution < -0.4 is 4.72 Å². The zero-order valence-corrected chi connectivity index (χ0v) is 11.6. The topological polar surface area (TPSA) is 59.1 Å². The Labute approximate surface area is 107 Å². The Kier molecular flexibility index (Phi) is 4.91. The van der Waals surface area contributed by atoms with Gasteiger partial charge in [0.1, 0.15) is 4.90 Å². The molecule has 0 aliphatic rings. The molecule has 17 heavy (non-hydrogen) atoms. The predicted molar refractivity (Wildman–Crippen MR) is 68.6 cm³/mol. The quantitative estimate of drug-likeness (QED) is 0.810. The third-order valence-electron chi connectivity index (χ3n) is 2.90. The van der Waals surface area contributed by atoms with Gasteiger partial charge in [-0.1, -0.05) is 13.8 Å². The third-order valence-corrected chi connectivity index (χ3v) is 4.98. The van der Waals surface area contributed by atoms with Crippen LogP contribution in [0.2, 0.25) is 0 Å². The van der Waals surface area contributed by atoms with Gasteiger partial charge in [0.05, 0.1) is 0 Å². The number of nitrogens with one attached hydrogen (secondary N) is 1. The number of alkyl halides is 1. The van der Waals surface area contributed by atoms with E-state index in [0.29, 0.717) is 12.8 Å². The van der Waals surface area contributed by atoms with E-state index in [1.807, 2.05) is 13.8 Å². The summed E-state index contributed by atoms with van der Waals surface area (Å²) < 4.78 is 26.9. The van der Waals surface area contributed by atoms with Crippen molar-refractivity contribution in [1.29, 1.82) is 0 Å². The molecule has 1 N–H and O–H groups in total. The number of nitrogens with zero attached hydrogens (tertiary/aromatic N) is 1. The van der Waals surface area contributed by atoms with Gasteiger partial charge in [0.25, 0.3) is 0 Å². The van der Waals surface area contributed by atoms with Crippen molar-refractivity contribution in [3.8, 4) is 0 Å². The number of sulfonamides is 1. The van der Waals surface area contributed by atoms with Crippen LogP contribution in [0.25, 0.3) is 0 Å². The van der Waals surface area contributed by atoms with Crippen LogP contribution in [-0.2, 0) is 10.0 Å². The SMILES string of the molecule is CCC(CC)(CCl)NS(=O)(=O)c1cccnc1. The second kappa shape index (κ2) is 5.80. The molecule has 0 atom stereocenters. The predicted octanol–water partition coefficient (Wildman–Crippen LogP) is 2.16. The van der Waals surface area contributed by atoms with Crippen molar-refractivity contribution >= 4 is 21.6 Å². The van der Waals surface area contributed by atoms with Crippen molar-refractivity contribution in [1.82, 2.24) is 9.71 Å². The molecule has 0 fully saturated rings. The van der Waals surface area contributed by atoms with E-state index in [2.05, 4.69) is 9.71 Å². The molecule has 0 radical (unpaired) electrons. The minimum absolute atomic E-state index is 0.163. The minimum atomic E-state index is -3.55. The highest BCUT2D eigenvalue weighted by Gasteiger charge is 2.31. The first-order valence-electron chi connectivity index (χ1n) is 5.49. The second-order valence-corrected chi connectivity index (χ2v) is 5.86. The normalized spacial score (nSPS) is 12.6. The summed E-state index contributed by atoms with van der Waals surface area (Å²) in [5, 5.41) is 0. The molecule has 0 saturated carbocycles. The van der Waals surface area contributed by atoms with Gasteiger partial charge in [0.15, 0.2) is 0 Å². The maximum Gasteiger partial charge on any atom is 0.242 e. The zero-order chi connectivity index (χ0) is 12.9. The van der Waals surface area contributed by atoms with E-state index in [9.17, 15) is 8.42 Å². The van der Waals surface area contributed by atoms with Crippen LogP contribution in [0.15, 0.2) is 29.4 Å². The lowest BCUT2D eigenvalue weighted by Gasteiger charge is -2.30. The van der Waals surface area contributed by atoms with Gasteiger partial charge in [0.2, 0.25) is 10.0 Å². The van der Waals surface area contributed by atoms with E-state index in [1.165, 1.54) is 18.5 Å². The molecule has 0 amide bonds. The zero-order valence-electron chi connectivity index (χ0n) is 9.98. The fourth-order valence-electron chi connectivity index (χ4n) is 1.46. The summed E-state index contributed by atoms with van der Waals surface area (Å²) >= 11 is 5.88. The molecule has 1 aromatic heterocycles. The standard InChI is InChI=1S/C11H17ClN2O2S/c1-3-11(4-2,9-12)14-17(15,16)10-6-5-7-13-8-10/h5-8,14H,3-4,9H2,1-2H3. The molecule has 0 aliphatic heterocycles. The van der Waals surface area contributed by atoms with Gasteiger partial charge in [-0.3, -0.25) is 4.98 Å². The summed E-state index contributed by atoms with van der Waals surface area (Å²) in [7, 11) is -3.55. The van der Waals surface area contributed by atoms with E-state index < -0.39 is 15.6 Å². The lowest BCUT2D eigenvalue weighted by atomic mass is 9.97. The van der Waals surface area contributed by atoms with Gasteiger partial charge < -0.3 is 0 Å². The third kappa shape index (κ3) is 3.40. The van der Waals surface area contributed by atoms with Gasteiger partial charge in [-0.25, -0.2) is 13.1 Å². The summed E-state index contributed by atoms with van der Waals surface area (Å²) in [6.07, 6.45) is 4.15. The first-order chi connectivity index (χ1) is 7.99. The molecule has 1 heterocycles. The fraction of sp³-hybridized carbons (Fsp3) is 0.545. The first-order valence-corrected chi connectivity index (χ1v) is 7.51. The van der Waals surface area contributed by atoms with Gasteiger partial charge in [-0.05, 0) is 25.0 Å². The van der Waals surface area contributed by atoms with Crippen molar-refractivity contribution in [2.75, 3.05) is 5.88 Å². The highest BCUT2D eigenvalue weighted by atomic mass is 35.5. The molecule has 0 unspecified atom stereocenters. The second-order valence-electron chi connectivity index (χ2n) is 3.92. The van der Waals surface area contributed by atoms with Crippen molar-refractivity contribution in [2.24, 2.45) is 0 Å². The molecule has 4 nitrogen and oxygen atoms in total. The molecule has 1 aromatic rings. The van der Waals surface area contributed by atoms with Crippen LogP contribution in [0.3, 0.4) is 0 Å². The maximum atomic E-state index is 12.1. The highest BCUT2D eigenvalue weighted by Crippen LogP contribution is 2.20. The van der Waals surface area contributed by atoms with E-state index in [1.54, 1.807) is 6.07 Å². The van der Waals surface area contributed by atoms with E-state index in [4.69, 9.17) is 11.6 Å². The Morgan fingerprint density at radius 1 is 1.41 bits per heavy atom. The number of hydrogen-bond acceptors (Lipinski definition) is 3. The summed E-state index contributed by atoms with van der Waals surface area (Å²) in [6, 6.07) is 3.11. The molecule has 0 aliphatic carbocycles. The van der Waals surface area contributed by atoms with Crippen LogP contribution in [0, 0.1) is 0 Å². The lowest BCUT2D eigenvalue weighted by Crippen LogP contribution is -2.49. The monoisotopic (exact) mass is 276 g/mol. The number of rotatable bonds is 6. The molecule has 0 aromatic carbocycles. The number of pyridine rings is 1. The van der Waals surface area contributed by atoms with Gasteiger partial charge >= 0.3 is 0 Å².